The van der Waals surface area contributed by atoms with Gasteiger partial charge < -0.3 is 15.0 Å². The van der Waals surface area contributed by atoms with Crippen molar-refractivity contribution in [2.24, 2.45) is 0 Å². The number of rotatable bonds is 3. The van der Waals surface area contributed by atoms with Gasteiger partial charge in [-0.2, -0.15) is 5.26 Å². The van der Waals surface area contributed by atoms with E-state index in [0.717, 1.165) is 12.1 Å². The van der Waals surface area contributed by atoms with Crippen LogP contribution in [-0.4, -0.2) is 58.6 Å². The number of para-hydroxylation sites is 1. The van der Waals surface area contributed by atoms with E-state index < -0.39 is 23.8 Å². The van der Waals surface area contributed by atoms with Gasteiger partial charge in [-0.05, 0) is 52.2 Å². The molecule has 0 aliphatic carbocycles. The predicted molar refractivity (Wildman–Crippen MR) is 106 cm³/mol. The lowest BCUT2D eigenvalue weighted by Crippen LogP contribution is -2.50. The van der Waals surface area contributed by atoms with E-state index in [2.05, 4.69) is 11.4 Å². The molecule has 7 nitrogen and oxygen atoms in total. The highest BCUT2D eigenvalue weighted by Gasteiger charge is 2.45. The second-order valence-corrected chi connectivity index (χ2v) is 8.41. The van der Waals surface area contributed by atoms with E-state index in [9.17, 15) is 14.9 Å². The van der Waals surface area contributed by atoms with Crippen molar-refractivity contribution in [2.45, 2.75) is 63.8 Å². The van der Waals surface area contributed by atoms with Crippen molar-refractivity contribution in [1.82, 2.24) is 9.80 Å². The molecule has 1 aromatic carbocycles. The van der Waals surface area contributed by atoms with Crippen molar-refractivity contribution in [1.29, 1.82) is 5.26 Å². The molecule has 0 radical (unpaired) electrons. The zero-order chi connectivity index (χ0) is 20.3. The first-order valence-corrected chi connectivity index (χ1v) is 9.80. The molecule has 2 aliphatic rings. The summed E-state index contributed by atoms with van der Waals surface area (Å²) < 4.78 is 5.54. The van der Waals surface area contributed by atoms with Gasteiger partial charge in [0, 0.05) is 24.8 Å². The molecule has 150 valence electrons. The van der Waals surface area contributed by atoms with Crippen LogP contribution in [0.4, 0.5) is 10.5 Å². The van der Waals surface area contributed by atoms with Gasteiger partial charge in [-0.3, -0.25) is 9.69 Å². The van der Waals surface area contributed by atoms with Crippen LogP contribution < -0.4 is 5.32 Å². The van der Waals surface area contributed by atoms with Crippen LogP contribution in [0, 0.1) is 11.3 Å². The summed E-state index contributed by atoms with van der Waals surface area (Å²) in [5.74, 6) is -0.160. The van der Waals surface area contributed by atoms with E-state index in [1.807, 2.05) is 51.1 Å². The zero-order valence-electron chi connectivity index (χ0n) is 16.7. The maximum absolute atomic E-state index is 13.2. The van der Waals surface area contributed by atoms with Gasteiger partial charge in [0.25, 0.3) is 0 Å². The molecule has 3 atom stereocenters. The van der Waals surface area contributed by atoms with Crippen LogP contribution in [-0.2, 0) is 9.53 Å². The molecule has 28 heavy (non-hydrogen) atoms. The van der Waals surface area contributed by atoms with E-state index in [1.165, 1.54) is 4.90 Å². The number of carbonyl (C=O) groups excluding carboxylic acids is 2. The molecule has 2 heterocycles. The quantitative estimate of drug-likeness (QED) is 0.866. The monoisotopic (exact) mass is 384 g/mol. The fraction of sp³-hybridized carbons (Fsp3) is 0.571. The normalized spacial score (nSPS) is 24.7. The number of amides is 2. The lowest BCUT2D eigenvalue weighted by molar-refractivity contribution is -0.135. The summed E-state index contributed by atoms with van der Waals surface area (Å²) >= 11 is 0. The van der Waals surface area contributed by atoms with Crippen molar-refractivity contribution < 1.29 is 14.3 Å². The van der Waals surface area contributed by atoms with Gasteiger partial charge in [-0.15, -0.1) is 0 Å². The van der Waals surface area contributed by atoms with Crippen LogP contribution in [0.1, 0.15) is 40.0 Å². The molecule has 2 aliphatic heterocycles. The van der Waals surface area contributed by atoms with Gasteiger partial charge in [0.1, 0.15) is 17.7 Å². The lowest BCUT2D eigenvalue weighted by Gasteiger charge is -2.30. The smallest absolute Gasteiger partial charge is 0.411 e. The molecular weight excluding hydrogens is 356 g/mol. The summed E-state index contributed by atoms with van der Waals surface area (Å²) in [6, 6.07) is 10.8. The molecule has 0 spiro atoms. The predicted octanol–water partition coefficient (Wildman–Crippen LogP) is 2.99. The molecule has 3 rings (SSSR count). The van der Waals surface area contributed by atoms with Crippen LogP contribution in [0.25, 0.3) is 0 Å². The summed E-state index contributed by atoms with van der Waals surface area (Å²) in [7, 11) is 0. The molecule has 7 heteroatoms. The van der Waals surface area contributed by atoms with Crippen LogP contribution in [0.3, 0.4) is 0 Å². The summed E-state index contributed by atoms with van der Waals surface area (Å²) in [6.45, 7) is 6.37. The number of carbonyl (C=O) groups is 2. The number of benzene rings is 1. The minimum Gasteiger partial charge on any atom is -0.444 e. The molecule has 0 saturated carbocycles. The van der Waals surface area contributed by atoms with Gasteiger partial charge in [-0.1, -0.05) is 18.2 Å². The molecule has 0 aromatic heterocycles. The number of nitrogens with zero attached hydrogens (tertiary/aromatic N) is 3. The van der Waals surface area contributed by atoms with Crippen molar-refractivity contribution in [3.8, 4) is 6.07 Å². The Morgan fingerprint density at radius 1 is 1.21 bits per heavy atom. The summed E-state index contributed by atoms with van der Waals surface area (Å²) in [5.41, 5.74) is 0.305. The van der Waals surface area contributed by atoms with Crippen molar-refractivity contribution in [3.63, 3.8) is 0 Å². The summed E-state index contributed by atoms with van der Waals surface area (Å²) in [6.07, 6.45) is 1.50. The number of likely N-dealkylation sites (tertiary alicyclic amines) is 2. The van der Waals surface area contributed by atoms with Gasteiger partial charge in [0.2, 0.25) is 5.91 Å². The Hall–Kier alpha value is -2.75. The molecule has 0 unspecified atom stereocenters. The number of nitriles is 1. The van der Waals surface area contributed by atoms with E-state index in [1.54, 1.807) is 4.90 Å². The summed E-state index contributed by atoms with van der Waals surface area (Å²) in [4.78, 5) is 29.1. The van der Waals surface area contributed by atoms with Crippen molar-refractivity contribution in [3.05, 3.63) is 30.3 Å². The van der Waals surface area contributed by atoms with Crippen molar-refractivity contribution >= 4 is 17.7 Å². The second kappa shape index (κ2) is 8.09. The SMILES string of the molecule is CC(C)(C)OC(=O)N1C[C@@H](Nc2ccccc2)C[C@H]1C(=O)N1CCC[C@H]1C#N. The van der Waals surface area contributed by atoms with Crippen molar-refractivity contribution in [2.75, 3.05) is 18.4 Å². The molecule has 0 bridgehead atoms. The average Bonchev–Trinajstić information content (AvgIpc) is 3.27. The highest BCUT2D eigenvalue weighted by atomic mass is 16.6. The van der Waals surface area contributed by atoms with Gasteiger partial charge in [0.05, 0.1) is 6.07 Å². The van der Waals surface area contributed by atoms with E-state index in [4.69, 9.17) is 4.74 Å². The molecule has 2 fully saturated rings. The van der Waals surface area contributed by atoms with E-state index >= 15 is 0 Å². The topological polar surface area (TPSA) is 85.7 Å². The number of hydrogen-bond donors (Lipinski definition) is 1. The first-order valence-electron chi connectivity index (χ1n) is 9.80. The van der Waals surface area contributed by atoms with Gasteiger partial charge in [0.15, 0.2) is 0 Å². The Balaban J connectivity index is 1.78. The van der Waals surface area contributed by atoms with Crippen LogP contribution in [0.5, 0.6) is 0 Å². The second-order valence-electron chi connectivity index (χ2n) is 8.41. The third-order valence-electron chi connectivity index (χ3n) is 5.04. The Bertz CT molecular complexity index is 753. The molecule has 1 aromatic rings. The maximum Gasteiger partial charge on any atom is 0.411 e. The minimum absolute atomic E-state index is 0.0630. The third-order valence-corrected chi connectivity index (χ3v) is 5.04. The Morgan fingerprint density at radius 2 is 1.93 bits per heavy atom. The van der Waals surface area contributed by atoms with E-state index in [0.29, 0.717) is 25.9 Å². The first-order chi connectivity index (χ1) is 13.3. The number of anilines is 1. The van der Waals surface area contributed by atoms with Gasteiger partial charge >= 0.3 is 6.09 Å². The van der Waals surface area contributed by atoms with Crippen LogP contribution in [0.2, 0.25) is 0 Å². The largest absolute Gasteiger partial charge is 0.444 e. The van der Waals surface area contributed by atoms with E-state index in [-0.39, 0.29) is 11.9 Å². The zero-order valence-corrected chi connectivity index (χ0v) is 16.7. The minimum atomic E-state index is -0.640. The Labute approximate surface area is 166 Å². The molecule has 1 N–H and O–H groups in total. The standard InChI is InChI=1S/C21H28N4O3/c1-21(2,3)28-20(27)25-14-16(23-15-8-5-4-6-9-15)12-18(25)19(26)24-11-7-10-17(24)13-22/h4-6,8-9,16-18,23H,7,10-12,14H2,1-3H3/t16-,17-,18-/m0/s1. The fourth-order valence-electron chi connectivity index (χ4n) is 3.82. The Morgan fingerprint density at radius 3 is 2.57 bits per heavy atom. The maximum atomic E-state index is 13.2. The van der Waals surface area contributed by atoms with Gasteiger partial charge in [-0.25, -0.2) is 4.79 Å². The lowest BCUT2D eigenvalue weighted by atomic mass is 10.1. The number of hydrogen-bond acceptors (Lipinski definition) is 5. The third kappa shape index (κ3) is 4.56. The number of nitrogens with one attached hydrogen (secondary N) is 1. The molecular formula is C21H28N4O3. The van der Waals surface area contributed by atoms with Crippen LogP contribution in [0.15, 0.2) is 30.3 Å². The summed E-state index contributed by atoms with van der Waals surface area (Å²) in [5, 5.41) is 12.7. The fourth-order valence-corrected chi connectivity index (χ4v) is 3.82. The van der Waals surface area contributed by atoms with Crippen LogP contribution >= 0.6 is 0 Å². The molecule has 2 amide bonds. The number of ether oxygens (including phenoxy) is 1. The highest BCUT2D eigenvalue weighted by molar-refractivity contribution is 5.87. The Kier molecular flexibility index (Phi) is 5.78. The highest BCUT2D eigenvalue weighted by Crippen LogP contribution is 2.28. The molecule has 2 saturated heterocycles. The first kappa shape index (κ1) is 20.0. The average molecular weight is 384 g/mol.